The fourth-order valence-corrected chi connectivity index (χ4v) is 5.04. The Morgan fingerprint density at radius 1 is 0.614 bits per heavy atom. The Morgan fingerprint density at radius 2 is 1.00 bits per heavy atom. The van der Waals surface area contributed by atoms with Crippen molar-refractivity contribution < 1.29 is 47.8 Å². The van der Waals surface area contributed by atoms with Crippen molar-refractivity contribution in [3.8, 4) is 0 Å². The van der Waals surface area contributed by atoms with Crippen LogP contribution >= 0.6 is 7.82 Å². The van der Waals surface area contributed by atoms with Crippen molar-refractivity contribution in [3.63, 3.8) is 0 Å². The lowest BCUT2D eigenvalue weighted by molar-refractivity contribution is -0.153. The van der Waals surface area contributed by atoms with Crippen LogP contribution in [0.4, 0.5) is 0 Å². The van der Waals surface area contributed by atoms with E-state index in [2.05, 4.69) is 38.2 Å². The average molecular weight is 649 g/mol. The van der Waals surface area contributed by atoms with Crippen LogP contribution in [0, 0.1) is 0 Å². The third-order valence-electron chi connectivity index (χ3n) is 6.92. The van der Waals surface area contributed by atoms with Gasteiger partial charge in [0, 0.05) is 12.8 Å². The predicted octanol–water partition coefficient (Wildman–Crippen LogP) is 7.49. The van der Waals surface area contributed by atoms with Crippen LogP contribution in [0.3, 0.4) is 0 Å². The smallest absolute Gasteiger partial charge is 0.457 e. The highest BCUT2D eigenvalue weighted by Crippen LogP contribution is 2.43. The van der Waals surface area contributed by atoms with E-state index in [1.54, 1.807) is 0 Å². The lowest BCUT2D eigenvalue weighted by Gasteiger charge is -2.20. The molecular weight excluding hydrogens is 587 g/mol. The zero-order chi connectivity index (χ0) is 32.7. The van der Waals surface area contributed by atoms with Gasteiger partial charge >= 0.3 is 19.8 Å². The number of carbonyl (C=O) groups excluding carboxylic acids is 2. The number of aliphatic hydroxyl groups is 2. The van der Waals surface area contributed by atoms with Gasteiger partial charge in [-0.2, -0.15) is 0 Å². The molecule has 44 heavy (non-hydrogen) atoms. The molecule has 0 aromatic heterocycles. The summed E-state index contributed by atoms with van der Waals surface area (Å²) in [4.78, 5) is 34.0. The number of carbonyl (C=O) groups is 2. The third kappa shape index (κ3) is 28.0. The number of ether oxygens (including phenoxy) is 2. The molecule has 11 heteroatoms. The molecule has 0 aromatic carbocycles. The van der Waals surface area contributed by atoms with Crippen LogP contribution in [0.1, 0.15) is 136 Å². The molecule has 0 spiro atoms. The molecule has 3 atom stereocenters. The summed E-state index contributed by atoms with van der Waals surface area (Å²) in [5.41, 5.74) is 0. The molecule has 0 aliphatic carbocycles. The van der Waals surface area contributed by atoms with E-state index < -0.39 is 58.4 Å². The van der Waals surface area contributed by atoms with E-state index >= 15 is 0 Å². The normalized spacial score (nSPS) is 14.6. The van der Waals surface area contributed by atoms with Crippen molar-refractivity contribution in [1.82, 2.24) is 0 Å². The Balaban J connectivity index is 4.01. The van der Waals surface area contributed by atoms with Crippen LogP contribution in [-0.2, 0) is 32.7 Å². The Hall–Kier alpha value is -1.55. The van der Waals surface area contributed by atoms with E-state index in [1.165, 1.54) is 32.1 Å². The summed E-state index contributed by atoms with van der Waals surface area (Å²) in [6, 6.07) is 0. The summed E-state index contributed by atoms with van der Waals surface area (Å²) >= 11 is 0. The summed E-state index contributed by atoms with van der Waals surface area (Å²) in [5.74, 6) is -1.05. The summed E-state index contributed by atoms with van der Waals surface area (Å²) < 4.78 is 32.1. The van der Waals surface area contributed by atoms with Gasteiger partial charge in [-0.05, 0) is 44.9 Å². The lowest BCUT2D eigenvalue weighted by atomic mass is 10.1. The minimum Gasteiger partial charge on any atom is -0.457 e. The van der Waals surface area contributed by atoms with Crippen molar-refractivity contribution in [3.05, 3.63) is 24.3 Å². The topological polar surface area (TPSA) is 149 Å². The predicted molar refractivity (Wildman–Crippen MR) is 173 cm³/mol. The molecule has 0 saturated heterocycles. The second kappa shape index (κ2) is 30.1. The molecule has 0 rings (SSSR count). The first-order valence-electron chi connectivity index (χ1n) is 16.8. The van der Waals surface area contributed by atoms with Gasteiger partial charge < -0.3 is 24.6 Å². The molecule has 258 valence electrons. The highest BCUT2D eigenvalue weighted by Gasteiger charge is 2.27. The van der Waals surface area contributed by atoms with Crippen molar-refractivity contribution in [1.29, 1.82) is 0 Å². The maximum absolute atomic E-state index is 12.2. The number of unbranched alkanes of at least 4 members (excludes halogenated alkanes) is 13. The maximum atomic E-state index is 12.2. The van der Waals surface area contributed by atoms with E-state index in [4.69, 9.17) is 18.5 Å². The molecule has 0 fully saturated rings. The number of hydrogen-bond acceptors (Lipinski definition) is 9. The first kappa shape index (κ1) is 42.5. The average Bonchev–Trinajstić information content (AvgIpc) is 3.00. The van der Waals surface area contributed by atoms with Gasteiger partial charge in [-0.25, -0.2) is 4.57 Å². The van der Waals surface area contributed by atoms with Crippen molar-refractivity contribution in [2.45, 2.75) is 148 Å². The first-order valence-corrected chi connectivity index (χ1v) is 18.3. The molecule has 10 nitrogen and oxygen atoms in total. The molecule has 0 aliphatic heterocycles. The van der Waals surface area contributed by atoms with E-state index in [1.807, 2.05) is 0 Å². The number of allylic oxidation sites excluding steroid dienone is 4. The zero-order valence-electron chi connectivity index (χ0n) is 27.4. The molecule has 0 bridgehead atoms. The first-order chi connectivity index (χ1) is 21.3. The Labute approximate surface area is 266 Å². The quantitative estimate of drug-likeness (QED) is 0.0299. The summed E-state index contributed by atoms with van der Waals surface area (Å²) in [6.07, 6.45) is 25.0. The monoisotopic (exact) mass is 648 g/mol. The number of hydrogen-bond donors (Lipinski definition) is 3. The Kier molecular flexibility index (Phi) is 29.1. The van der Waals surface area contributed by atoms with E-state index in [9.17, 15) is 29.3 Å². The van der Waals surface area contributed by atoms with Crippen molar-refractivity contribution in [2.75, 3.05) is 26.4 Å². The minimum absolute atomic E-state index is 0.177. The molecule has 0 heterocycles. The number of aliphatic hydroxyl groups excluding tert-OH is 2. The van der Waals surface area contributed by atoms with Crippen molar-refractivity contribution in [2.24, 2.45) is 0 Å². The maximum Gasteiger partial charge on any atom is 0.472 e. The third-order valence-corrected chi connectivity index (χ3v) is 7.87. The number of rotatable bonds is 31. The lowest BCUT2D eigenvalue weighted by Crippen LogP contribution is -2.28. The van der Waals surface area contributed by atoms with E-state index in [0.717, 1.165) is 64.2 Å². The number of phosphoric acid groups is 1. The minimum atomic E-state index is -4.61. The molecule has 3 unspecified atom stereocenters. The second-order valence-corrected chi connectivity index (χ2v) is 12.6. The highest BCUT2D eigenvalue weighted by atomic mass is 31.2. The zero-order valence-corrected chi connectivity index (χ0v) is 28.3. The molecule has 0 amide bonds. The SMILES string of the molecule is CCCCCC/C=C\C/C=C\CCCCCCCC(=O)OC(CO)COP(=O)(O)OCC(CO)OC(=O)CCCCCCC. The van der Waals surface area contributed by atoms with Crippen molar-refractivity contribution >= 4 is 19.8 Å². The summed E-state index contributed by atoms with van der Waals surface area (Å²) in [7, 11) is -4.61. The number of phosphoric ester groups is 1. The molecule has 3 N–H and O–H groups in total. The van der Waals surface area contributed by atoms with Gasteiger partial charge in [-0.3, -0.25) is 18.6 Å². The Bertz CT molecular complexity index is 801. The molecule has 0 aromatic rings. The van der Waals surface area contributed by atoms with Gasteiger partial charge in [0.1, 0.15) is 12.2 Å². The van der Waals surface area contributed by atoms with E-state index in [-0.39, 0.29) is 12.8 Å². The summed E-state index contributed by atoms with van der Waals surface area (Å²) in [6.45, 7) is 2.03. The fourth-order valence-electron chi connectivity index (χ4n) is 4.26. The molecule has 0 radical (unpaired) electrons. The van der Waals surface area contributed by atoms with Crippen LogP contribution in [0.5, 0.6) is 0 Å². The highest BCUT2D eigenvalue weighted by molar-refractivity contribution is 7.47. The van der Waals surface area contributed by atoms with Crippen LogP contribution in [0.25, 0.3) is 0 Å². The van der Waals surface area contributed by atoms with Crippen LogP contribution in [0.2, 0.25) is 0 Å². The second-order valence-electron chi connectivity index (χ2n) is 11.1. The van der Waals surface area contributed by atoms with Gasteiger partial charge in [0.15, 0.2) is 0 Å². The van der Waals surface area contributed by atoms with Crippen LogP contribution < -0.4 is 0 Å². The Morgan fingerprint density at radius 3 is 1.43 bits per heavy atom. The standard InChI is InChI=1S/C33H61O10P/c1-3-5-7-9-10-11-12-13-14-15-16-17-18-19-21-23-25-33(37)43-31(27-35)29-41-44(38,39)40-28-30(26-34)42-32(36)24-22-20-8-6-4-2/h11-12,14-15,30-31,34-35H,3-10,13,16-29H2,1-2H3,(H,38,39)/b12-11-,15-14-. The number of esters is 2. The van der Waals surface area contributed by atoms with E-state index in [0.29, 0.717) is 12.8 Å². The molecular formula is C33H61O10P. The summed E-state index contributed by atoms with van der Waals surface area (Å²) in [5, 5.41) is 18.9. The largest absolute Gasteiger partial charge is 0.472 e. The van der Waals surface area contributed by atoms with Gasteiger partial charge in [-0.15, -0.1) is 0 Å². The van der Waals surface area contributed by atoms with Gasteiger partial charge in [-0.1, -0.05) is 102 Å². The van der Waals surface area contributed by atoms with Gasteiger partial charge in [0.05, 0.1) is 26.4 Å². The van der Waals surface area contributed by atoms with Crippen LogP contribution in [-0.4, -0.2) is 65.7 Å². The van der Waals surface area contributed by atoms with Crippen LogP contribution in [0.15, 0.2) is 24.3 Å². The van der Waals surface area contributed by atoms with Gasteiger partial charge in [0.2, 0.25) is 0 Å². The molecule has 0 aliphatic rings. The fraction of sp³-hybridized carbons (Fsp3) is 0.818. The molecule has 0 saturated carbocycles. The van der Waals surface area contributed by atoms with Gasteiger partial charge in [0.25, 0.3) is 0 Å².